The van der Waals surface area contributed by atoms with E-state index in [9.17, 15) is 45.6 Å². The molecular formula is C27H50O14. The Balaban J connectivity index is 1.68. The fraction of sp³-hybridized carbons (Fsp3) is 0.963. The largest absolute Gasteiger partial charge is 0.463 e. The van der Waals surface area contributed by atoms with Crippen LogP contribution in [0.5, 0.6) is 0 Å². The standard InChI is InChI=1S/C27H50O14/c1-2-3-4-5-6-7-8-9-10-11-19(30)37-13-16(29)14-38-26-25(36)23(34)21(32)18(41-26)15-39-27-24(35)22(33)20(31)17(12-28)40-27/h16-18,20-29,31-36H,2-15H2,1H3/t16?,17-,18+,20+,21-,22+,23-,24-,25+,26+,27-/m0/s1. The lowest BCUT2D eigenvalue weighted by Crippen LogP contribution is -2.61. The van der Waals surface area contributed by atoms with Crippen molar-refractivity contribution in [1.29, 1.82) is 0 Å². The number of carbonyl (C=O) groups is 1. The molecule has 242 valence electrons. The van der Waals surface area contributed by atoms with Gasteiger partial charge >= 0.3 is 5.97 Å². The van der Waals surface area contributed by atoms with E-state index in [1.165, 1.54) is 32.1 Å². The molecule has 0 aromatic rings. The SMILES string of the molecule is CCCCCCCCCCCC(=O)OCC(O)CO[C@@H]1O[C@H](CO[C@H]2O[C@@H](CO)[C@@H](O)[C@@H](O)[C@@H]2O)[C@H](O)[C@H](O)[C@H]1O. The van der Waals surface area contributed by atoms with Crippen molar-refractivity contribution in [2.75, 3.05) is 26.4 Å². The van der Waals surface area contributed by atoms with Crippen LogP contribution in [0.1, 0.15) is 71.1 Å². The quantitative estimate of drug-likeness (QED) is 0.0623. The first kappa shape index (κ1) is 36.2. The van der Waals surface area contributed by atoms with Gasteiger partial charge in [-0.15, -0.1) is 0 Å². The van der Waals surface area contributed by atoms with Crippen LogP contribution in [-0.4, -0.2) is 141 Å². The molecule has 2 fully saturated rings. The highest BCUT2D eigenvalue weighted by atomic mass is 16.7. The average molecular weight is 599 g/mol. The van der Waals surface area contributed by atoms with Crippen molar-refractivity contribution in [2.24, 2.45) is 0 Å². The minimum absolute atomic E-state index is 0.244. The van der Waals surface area contributed by atoms with Gasteiger partial charge in [0.05, 0.1) is 19.8 Å². The van der Waals surface area contributed by atoms with Crippen LogP contribution in [-0.2, 0) is 28.5 Å². The maximum atomic E-state index is 12.0. The number of aliphatic hydroxyl groups is 8. The fourth-order valence-electron chi connectivity index (χ4n) is 4.68. The summed E-state index contributed by atoms with van der Waals surface area (Å²) in [4.78, 5) is 12.0. The fourth-order valence-corrected chi connectivity index (χ4v) is 4.68. The topological polar surface area (TPSA) is 225 Å². The Morgan fingerprint density at radius 2 is 1.20 bits per heavy atom. The van der Waals surface area contributed by atoms with E-state index in [-0.39, 0.29) is 13.0 Å². The minimum atomic E-state index is -1.72. The number of hydrogen-bond donors (Lipinski definition) is 8. The molecule has 2 aliphatic rings. The summed E-state index contributed by atoms with van der Waals surface area (Å²) < 4.78 is 26.5. The summed E-state index contributed by atoms with van der Waals surface area (Å²) in [5.74, 6) is -0.440. The molecule has 1 unspecified atom stereocenters. The zero-order valence-electron chi connectivity index (χ0n) is 23.8. The van der Waals surface area contributed by atoms with Gasteiger partial charge in [-0.25, -0.2) is 0 Å². The summed E-state index contributed by atoms with van der Waals surface area (Å²) in [5, 5.41) is 80.0. The second-order valence-corrected chi connectivity index (χ2v) is 10.8. The van der Waals surface area contributed by atoms with E-state index < -0.39 is 93.3 Å². The first-order valence-electron chi connectivity index (χ1n) is 14.7. The summed E-state index contributed by atoms with van der Waals surface area (Å²) in [6, 6.07) is 0. The van der Waals surface area contributed by atoms with E-state index in [2.05, 4.69) is 6.92 Å². The van der Waals surface area contributed by atoms with Gasteiger partial charge in [-0.3, -0.25) is 4.79 Å². The molecule has 11 atom stereocenters. The molecule has 0 aromatic heterocycles. The van der Waals surface area contributed by atoms with Crippen LogP contribution >= 0.6 is 0 Å². The molecule has 0 amide bonds. The van der Waals surface area contributed by atoms with Gasteiger partial charge in [-0.2, -0.15) is 0 Å². The molecule has 0 spiro atoms. The van der Waals surface area contributed by atoms with Gasteiger partial charge in [0.2, 0.25) is 0 Å². The number of hydrogen-bond acceptors (Lipinski definition) is 14. The Bertz CT molecular complexity index is 712. The first-order valence-corrected chi connectivity index (χ1v) is 14.7. The van der Waals surface area contributed by atoms with Crippen molar-refractivity contribution in [3.63, 3.8) is 0 Å². The molecule has 2 rings (SSSR count). The van der Waals surface area contributed by atoms with Gasteiger partial charge in [0.25, 0.3) is 0 Å². The maximum Gasteiger partial charge on any atom is 0.305 e. The molecular weight excluding hydrogens is 548 g/mol. The zero-order valence-corrected chi connectivity index (χ0v) is 23.8. The van der Waals surface area contributed by atoms with Gasteiger partial charge in [-0.1, -0.05) is 58.3 Å². The van der Waals surface area contributed by atoms with Gasteiger partial charge < -0.3 is 64.5 Å². The Kier molecular flexibility index (Phi) is 17.0. The number of rotatable bonds is 19. The van der Waals surface area contributed by atoms with Crippen LogP contribution in [0.25, 0.3) is 0 Å². The van der Waals surface area contributed by atoms with Crippen molar-refractivity contribution >= 4 is 5.97 Å². The monoisotopic (exact) mass is 598 g/mol. The summed E-state index contributed by atoms with van der Waals surface area (Å²) in [7, 11) is 0. The predicted octanol–water partition coefficient (Wildman–Crippen LogP) is -1.55. The van der Waals surface area contributed by atoms with Crippen LogP contribution in [0.4, 0.5) is 0 Å². The minimum Gasteiger partial charge on any atom is -0.463 e. The van der Waals surface area contributed by atoms with Crippen LogP contribution in [0.15, 0.2) is 0 Å². The first-order chi connectivity index (χ1) is 19.6. The molecule has 0 bridgehead atoms. The average Bonchev–Trinajstić information content (AvgIpc) is 2.96. The van der Waals surface area contributed by atoms with Crippen LogP contribution in [0, 0.1) is 0 Å². The second kappa shape index (κ2) is 19.3. The van der Waals surface area contributed by atoms with Crippen molar-refractivity contribution in [2.45, 2.75) is 139 Å². The molecule has 14 heteroatoms. The molecule has 14 nitrogen and oxygen atoms in total. The van der Waals surface area contributed by atoms with Crippen molar-refractivity contribution in [1.82, 2.24) is 0 Å². The molecule has 2 heterocycles. The number of unbranched alkanes of at least 4 members (excludes halogenated alkanes) is 8. The summed E-state index contributed by atoms with van der Waals surface area (Å²) in [5.41, 5.74) is 0. The maximum absolute atomic E-state index is 12.0. The zero-order chi connectivity index (χ0) is 30.4. The Labute approximate surface area is 240 Å². The molecule has 0 aliphatic carbocycles. The van der Waals surface area contributed by atoms with E-state index in [1.54, 1.807) is 0 Å². The summed E-state index contributed by atoms with van der Waals surface area (Å²) >= 11 is 0. The Hall–Kier alpha value is -1.01. The highest BCUT2D eigenvalue weighted by Crippen LogP contribution is 2.26. The Morgan fingerprint density at radius 3 is 1.78 bits per heavy atom. The third kappa shape index (κ3) is 11.9. The summed E-state index contributed by atoms with van der Waals surface area (Å²) in [6.45, 7) is 0.256. The third-order valence-electron chi connectivity index (χ3n) is 7.32. The van der Waals surface area contributed by atoms with E-state index in [1.807, 2.05) is 0 Å². The lowest BCUT2D eigenvalue weighted by Gasteiger charge is -2.42. The third-order valence-corrected chi connectivity index (χ3v) is 7.32. The van der Waals surface area contributed by atoms with E-state index in [0.717, 1.165) is 19.3 Å². The molecule has 0 aromatic carbocycles. The van der Waals surface area contributed by atoms with Crippen molar-refractivity contribution in [3.8, 4) is 0 Å². The molecule has 0 radical (unpaired) electrons. The highest BCUT2D eigenvalue weighted by Gasteiger charge is 2.47. The summed E-state index contributed by atoms with van der Waals surface area (Å²) in [6.07, 6.45) is -6.43. The normalized spacial score (nSPS) is 34.9. The number of carbonyl (C=O) groups excluding carboxylic acids is 1. The highest BCUT2D eigenvalue weighted by molar-refractivity contribution is 5.69. The Morgan fingerprint density at radius 1 is 0.683 bits per heavy atom. The number of esters is 1. The van der Waals surface area contributed by atoms with Gasteiger partial charge in [0.15, 0.2) is 12.6 Å². The van der Waals surface area contributed by atoms with Gasteiger partial charge in [-0.05, 0) is 6.42 Å². The number of aliphatic hydroxyl groups excluding tert-OH is 8. The van der Waals surface area contributed by atoms with Crippen LogP contribution in [0.3, 0.4) is 0 Å². The van der Waals surface area contributed by atoms with Crippen LogP contribution < -0.4 is 0 Å². The molecule has 8 N–H and O–H groups in total. The van der Waals surface area contributed by atoms with E-state index in [4.69, 9.17) is 23.7 Å². The lowest BCUT2D eigenvalue weighted by atomic mass is 9.98. The van der Waals surface area contributed by atoms with Crippen molar-refractivity contribution < 1.29 is 69.3 Å². The van der Waals surface area contributed by atoms with Crippen LogP contribution in [0.2, 0.25) is 0 Å². The smallest absolute Gasteiger partial charge is 0.305 e. The predicted molar refractivity (Wildman–Crippen MR) is 141 cm³/mol. The molecule has 0 saturated carbocycles. The van der Waals surface area contributed by atoms with E-state index >= 15 is 0 Å². The number of ether oxygens (including phenoxy) is 5. The second-order valence-electron chi connectivity index (χ2n) is 10.8. The van der Waals surface area contributed by atoms with Gasteiger partial charge in [0.1, 0.15) is 61.5 Å². The lowest BCUT2D eigenvalue weighted by molar-refractivity contribution is -0.332. The van der Waals surface area contributed by atoms with Gasteiger partial charge in [0, 0.05) is 6.42 Å². The van der Waals surface area contributed by atoms with E-state index in [0.29, 0.717) is 6.42 Å². The molecule has 2 aliphatic heterocycles. The molecule has 2 saturated heterocycles. The van der Waals surface area contributed by atoms with Crippen molar-refractivity contribution in [3.05, 3.63) is 0 Å². The molecule has 41 heavy (non-hydrogen) atoms.